The van der Waals surface area contributed by atoms with Gasteiger partial charge in [-0.1, -0.05) is 18.2 Å². The van der Waals surface area contributed by atoms with Crippen molar-refractivity contribution >= 4 is 11.7 Å². The zero-order chi connectivity index (χ0) is 13.5. The van der Waals surface area contributed by atoms with Crippen molar-refractivity contribution in [3.8, 4) is 0 Å². The summed E-state index contributed by atoms with van der Waals surface area (Å²) in [5.41, 5.74) is 1.39. The number of hydrogen-bond acceptors (Lipinski definition) is 5. The maximum absolute atomic E-state index is 11.5. The van der Waals surface area contributed by atoms with Crippen LogP contribution in [0.2, 0.25) is 0 Å². The Bertz CT molecular complexity index is 489. The molecular weight excluding hydrogens is 232 g/mol. The van der Waals surface area contributed by atoms with Crippen LogP contribution in [0.15, 0.2) is 46.0 Å². The number of carbonyl (C=O) groups is 1. The van der Waals surface area contributed by atoms with E-state index in [1.165, 1.54) is 6.92 Å². The minimum atomic E-state index is -0.685. The summed E-state index contributed by atoms with van der Waals surface area (Å²) < 4.78 is 4.77. The summed E-state index contributed by atoms with van der Waals surface area (Å²) in [5.74, 6) is -0.902. The SMILES string of the molecule is CCOC(=O)C(N=Nc1ccccc1C)=C(C)O. The third-order valence-corrected chi connectivity index (χ3v) is 2.18. The molecule has 96 valence electrons. The summed E-state index contributed by atoms with van der Waals surface area (Å²) in [6, 6.07) is 7.36. The van der Waals surface area contributed by atoms with Gasteiger partial charge in [0.15, 0.2) is 0 Å². The van der Waals surface area contributed by atoms with Gasteiger partial charge in [-0.25, -0.2) is 4.79 Å². The molecule has 0 aliphatic carbocycles. The molecule has 0 bridgehead atoms. The number of allylic oxidation sites excluding steroid dienone is 1. The van der Waals surface area contributed by atoms with Crippen molar-refractivity contribution in [2.24, 2.45) is 10.2 Å². The highest BCUT2D eigenvalue weighted by Gasteiger charge is 2.13. The third kappa shape index (κ3) is 3.69. The number of aryl methyl sites for hydroxylation is 1. The minimum Gasteiger partial charge on any atom is -0.510 e. The largest absolute Gasteiger partial charge is 0.510 e. The van der Waals surface area contributed by atoms with Gasteiger partial charge in [0, 0.05) is 0 Å². The highest BCUT2D eigenvalue weighted by Crippen LogP contribution is 2.19. The fraction of sp³-hybridized carbons (Fsp3) is 0.308. The number of azo groups is 1. The second kappa shape index (κ2) is 6.54. The van der Waals surface area contributed by atoms with E-state index in [9.17, 15) is 9.90 Å². The van der Waals surface area contributed by atoms with Crippen LogP contribution in [0.4, 0.5) is 5.69 Å². The van der Waals surface area contributed by atoms with Crippen LogP contribution in [0.3, 0.4) is 0 Å². The van der Waals surface area contributed by atoms with Gasteiger partial charge >= 0.3 is 5.97 Å². The van der Waals surface area contributed by atoms with E-state index >= 15 is 0 Å². The molecule has 0 amide bonds. The fourth-order valence-electron chi connectivity index (χ4n) is 1.24. The van der Waals surface area contributed by atoms with Gasteiger partial charge in [0.1, 0.15) is 5.76 Å². The van der Waals surface area contributed by atoms with E-state index in [1.807, 2.05) is 25.1 Å². The molecule has 5 heteroatoms. The van der Waals surface area contributed by atoms with Gasteiger partial charge in [0.25, 0.3) is 0 Å². The normalized spacial score (nSPS) is 12.4. The van der Waals surface area contributed by atoms with E-state index in [0.717, 1.165) is 5.56 Å². The Morgan fingerprint density at radius 3 is 2.61 bits per heavy atom. The maximum Gasteiger partial charge on any atom is 0.362 e. The van der Waals surface area contributed by atoms with Crippen LogP contribution in [0.5, 0.6) is 0 Å². The predicted octanol–water partition coefficient (Wildman–Crippen LogP) is 3.43. The summed E-state index contributed by atoms with van der Waals surface area (Å²) >= 11 is 0. The van der Waals surface area contributed by atoms with Gasteiger partial charge in [-0.05, 0) is 32.4 Å². The van der Waals surface area contributed by atoms with Crippen molar-refractivity contribution < 1.29 is 14.6 Å². The average molecular weight is 248 g/mol. The standard InChI is InChI=1S/C13H16N2O3/c1-4-18-13(17)12(10(3)16)15-14-11-8-6-5-7-9(11)2/h5-8,16H,4H2,1-3H3. The van der Waals surface area contributed by atoms with Crippen molar-refractivity contribution in [3.63, 3.8) is 0 Å². The van der Waals surface area contributed by atoms with Gasteiger partial charge in [-0.15, -0.1) is 10.2 Å². The molecule has 0 spiro atoms. The summed E-state index contributed by atoms with van der Waals surface area (Å²) in [6.07, 6.45) is 0. The molecule has 0 aliphatic rings. The Kier molecular flexibility index (Phi) is 5.05. The zero-order valence-corrected chi connectivity index (χ0v) is 10.7. The van der Waals surface area contributed by atoms with Gasteiger partial charge in [-0.2, -0.15) is 0 Å². The van der Waals surface area contributed by atoms with E-state index in [4.69, 9.17) is 4.74 Å². The molecule has 1 N–H and O–H groups in total. The number of ether oxygens (including phenoxy) is 1. The predicted molar refractivity (Wildman–Crippen MR) is 67.7 cm³/mol. The van der Waals surface area contributed by atoms with E-state index in [1.54, 1.807) is 13.0 Å². The molecule has 0 aliphatic heterocycles. The molecule has 0 radical (unpaired) electrons. The van der Waals surface area contributed by atoms with Crippen LogP contribution in [0.1, 0.15) is 19.4 Å². The molecule has 0 heterocycles. The Labute approximate surface area is 106 Å². The lowest BCUT2D eigenvalue weighted by atomic mass is 10.2. The minimum absolute atomic E-state index is 0.180. The van der Waals surface area contributed by atoms with Crippen LogP contribution in [-0.2, 0) is 9.53 Å². The van der Waals surface area contributed by atoms with E-state index in [0.29, 0.717) is 5.69 Å². The van der Waals surface area contributed by atoms with Crippen molar-refractivity contribution in [1.82, 2.24) is 0 Å². The number of esters is 1. The first-order valence-corrected chi connectivity index (χ1v) is 5.60. The van der Waals surface area contributed by atoms with E-state index < -0.39 is 5.97 Å². The molecule has 1 rings (SSSR count). The van der Waals surface area contributed by atoms with E-state index in [-0.39, 0.29) is 18.1 Å². The van der Waals surface area contributed by atoms with Crippen LogP contribution in [0.25, 0.3) is 0 Å². The number of carbonyl (C=O) groups excluding carboxylic acids is 1. The smallest absolute Gasteiger partial charge is 0.362 e. The monoisotopic (exact) mass is 248 g/mol. The number of nitrogens with zero attached hydrogens (tertiary/aromatic N) is 2. The molecule has 0 saturated carbocycles. The Morgan fingerprint density at radius 2 is 2.06 bits per heavy atom. The molecule has 0 fully saturated rings. The average Bonchev–Trinajstić information content (AvgIpc) is 2.31. The zero-order valence-electron chi connectivity index (χ0n) is 10.7. The van der Waals surface area contributed by atoms with Crippen LogP contribution < -0.4 is 0 Å². The topological polar surface area (TPSA) is 71.2 Å². The van der Waals surface area contributed by atoms with Crippen molar-refractivity contribution in [2.45, 2.75) is 20.8 Å². The first kappa shape index (κ1) is 13.9. The van der Waals surface area contributed by atoms with Crippen molar-refractivity contribution in [2.75, 3.05) is 6.61 Å². The number of benzene rings is 1. The van der Waals surface area contributed by atoms with Gasteiger partial charge < -0.3 is 9.84 Å². The molecule has 18 heavy (non-hydrogen) atoms. The number of aliphatic hydroxyl groups excluding tert-OH is 1. The summed E-state index contributed by atoms with van der Waals surface area (Å²) in [7, 11) is 0. The number of rotatable bonds is 4. The number of aliphatic hydroxyl groups is 1. The maximum atomic E-state index is 11.5. The lowest BCUT2D eigenvalue weighted by Gasteiger charge is -2.02. The summed E-state index contributed by atoms with van der Waals surface area (Å²) in [6.45, 7) is 5.15. The van der Waals surface area contributed by atoms with Gasteiger partial charge in [0.2, 0.25) is 5.70 Å². The van der Waals surface area contributed by atoms with Crippen LogP contribution in [0, 0.1) is 6.92 Å². The summed E-state index contributed by atoms with van der Waals surface area (Å²) in [5, 5.41) is 17.1. The highest BCUT2D eigenvalue weighted by atomic mass is 16.5. The van der Waals surface area contributed by atoms with E-state index in [2.05, 4.69) is 10.2 Å². The first-order chi connectivity index (χ1) is 8.56. The molecule has 5 nitrogen and oxygen atoms in total. The second-order valence-corrected chi connectivity index (χ2v) is 3.64. The van der Waals surface area contributed by atoms with Crippen LogP contribution >= 0.6 is 0 Å². The molecule has 0 atom stereocenters. The molecule has 0 unspecified atom stereocenters. The van der Waals surface area contributed by atoms with Gasteiger partial charge in [0.05, 0.1) is 12.3 Å². The fourth-order valence-corrected chi connectivity index (χ4v) is 1.24. The highest BCUT2D eigenvalue weighted by molar-refractivity contribution is 5.88. The quantitative estimate of drug-likeness (QED) is 0.384. The number of hydrogen-bond donors (Lipinski definition) is 1. The van der Waals surface area contributed by atoms with Crippen molar-refractivity contribution in [1.29, 1.82) is 0 Å². The summed E-state index contributed by atoms with van der Waals surface area (Å²) in [4.78, 5) is 11.5. The Hall–Kier alpha value is -2.17. The molecule has 1 aromatic carbocycles. The lowest BCUT2D eigenvalue weighted by molar-refractivity contribution is -0.138. The first-order valence-electron chi connectivity index (χ1n) is 5.60. The molecule has 0 aromatic heterocycles. The second-order valence-electron chi connectivity index (χ2n) is 3.64. The third-order valence-electron chi connectivity index (χ3n) is 2.18. The Balaban J connectivity index is 2.96. The molecular formula is C13H16N2O3. The molecule has 0 saturated heterocycles. The van der Waals surface area contributed by atoms with Crippen LogP contribution in [-0.4, -0.2) is 17.7 Å². The van der Waals surface area contributed by atoms with Gasteiger partial charge in [-0.3, -0.25) is 0 Å². The van der Waals surface area contributed by atoms with Crippen molar-refractivity contribution in [3.05, 3.63) is 41.3 Å². The molecule has 1 aromatic rings. The Morgan fingerprint density at radius 1 is 1.39 bits per heavy atom. The lowest BCUT2D eigenvalue weighted by Crippen LogP contribution is -2.07.